The quantitative estimate of drug-likeness (QED) is 0.823. The van der Waals surface area contributed by atoms with Crippen LogP contribution in [-0.2, 0) is 0 Å². The minimum absolute atomic E-state index is 0.0561. The van der Waals surface area contributed by atoms with Crippen LogP contribution in [-0.4, -0.2) is 18.3 Å². The predicted octanol–water partition coefficient (Wildman–Crippen LogP) is 4.11. The van der Waals surface area contributed by atoms with Crippen molar-refractivity contribution in [3.63, 3.8) is 0 Å². The van der Waals surface area contributed by atoms with E-state index in [0.717, 1.165) is 23.9 Å². The van der Waals surface area contributed by atoms with Crippen molar-refractivity contribution in [2.24, 2.45) is 11.8 Å². The lowest BCUT2D eigenvalue weighted by Crippen LogP contribution is -2.40. The third kappa shape index (κ3) is 2.95. The summed E-state index contributed by atoms with van der Waals surface area (Å²) in [5.41, 5.74) is 0.862. The van der Waals surface area contributed by atoms with Crippen LogP contribution in [0.15, 0.2) is 29.2 Å². The molecule has 3 nitrogen and oxygen atoms in total. The molecule has 0 aromatic heterocycles. The van der Waals surface area contributed by atoms with Crippen molar-refractivity contribution < 1.29 is 4.79 Å². The number of hydrogen-bond donors (Lipinski definition) is 2. The van der Waals surface area contributed by atoms with Gasteiger partial charge in [0, 0.05) is 16.6 Å². The third-order valence-corrected chi connectivity index (χ3v) is 5.49. The normalized spacial score (nSPS) is 28.1. The van der Waals surface area contributed by atoms with E-state index in [1.54, 1.807) is 11.8 Å². The van der Waals surface area contributed by atoms with Crippen LogP contribution in [0.4, 0.5) is 10.5 Å². The van der Waals surface area contributed by atoms with Crippen LogP contribution >= 0.6 is 11.8 Å². The average molecular weight is 290 g/mol. The number of fused-ring (bicyclic) bond motifs is 1. The minimum Gasteiger partial charge on any atom is -0.335 e. The summed E-state index contributed by atoms with van der Waals surface area (Å²) in [6.07, 6.45) is 8.48. The topological polar surface area (TPSA) is 41.1 Å². The van der Waals surface area contributed by atoms with Gasteiger partial charge < -0.3 is 10.6 Å². The molecule has 0 aliphatic heterocycles. The number of carbonyl (C=O) groups is 1. The number of rotatable bonds is 3. The molecule has 3 atom stereocenters. The highest BCUT2D eigenvalue weighted by Crippen LogP contribution is 2.43. The maximum atomic E-state index is 12.1. The Balaban J connectivity index is 1.54. The fourth-order valence-corrected chi connectivity index (χ4v) is 4.16. The van der Waals surface area contributed by atoms with Gasteiger partial charge in [0.25, 0.3) is 0 Å². The molecule has 1 aromatic rings. The van der Waals surface area contributed by atoms with E-state index in [1.807, 2.05) is 30.5 Å². The molecule has 108 valence electrons. The fourth-order valence-electron chi connectivity index (χ4n) is 3.75. The number of carbonyl (C=O) groups excluding carboxylic acids is 1. The summed E-state index contributed by atoms with van der Waals surface area (Å²) in [5.74, 6) is 1.58. The number of nitrogens with one attached hydrogen (secondary N) is 2. The highest BCUT2D eigenvalue weighted by atomic mass is 32.2. The molecule has 2 aliphatic carbocycles. The molecule has 0 bridgehead atoms. The molecule has 0 heterocycles. The molecular formula is C16H22N2OS. The van der Waals surface area contributed by atoms with Gasteiger partial charge in [-0.3, -0.25) is 0 Å². The van der Waals surface area contributed by atoms with Crippen molar-refractivity contribution in [3.8, 4) is 0 Å². The van der Waals surface area contributed by atoms with E-state index in [-0.39, 0.29) is 6.03 Å². The first-order valence-electron chi connectivity index (χ1n) is 7.48. The van der Waals surface area contributed by atoms with Crippen molar-refractivity contribution >= 4 is 23.5 Å². The Kier molecular flexibility index (Phi) is 4.20. The number of anilines is 1. The van der Waals surface area contributed by atoms with Crippen molar-refractivity contribution in [1.29, 1.82) is 0 Å². The summed E-state index contributed by atoms with van der Waals surface area (Å²) in [4.78, 5) is 13.3. The molecule has 0 unspecified atom stereocenters. The molecule has 1 aromatic carbocycles. The van der Waals surface area contributed by atoms with Gasteiger partial charge in [-0.2, -0.15) is 0 Å². The van der Waals surface area contributed by atoms with Gasteiger partial charge in [-0.15, -0.1) is 11.8 Å². The van der Waals surface area contributed by atoms with Gasteiger partial charge in [0.15, 0.2) is 0 Å². The van der Waals surface area contributed by atoms with Gasteiger partial charge >= 0.3 is 6.03 Å². The standard InChI is InChI=1S/C16H22N2OS/c1-20-13-8-6-12(7-9-13)17-16(19)18-15-10-5-11-3-2-4-14(11)15/h6-9,11,14-15H,2-5,10H2,1H3,(H2,17,18,19)/t11-,14-,15-/m1/s1. The Bertz CT molecular complexity index is 474. The van der Waals surface area contributed by atoms with Crippen LogP contribution in [0.2, 0.25) is 0 Å². The van der Waals surface area contributed by atoms with Gasteiger partial charge in [-0.25, -0.2) is 4.79 Å². The van der Waals surface area contributed by atoms with Crippen molar-refractivity contribution in [3.05, 3.63) is 24.3 Å². The first-order chi connectivity index (χ1) is 9.76. The summed E-state index contributed by atoms with van der Waals surface area (Å²) in [7, 11) is 0. The molecular weight excluding hydrogens is 268 g/mol. The van der Waals surface area contributed by atoms with E-state index in [1.165, 1.54) is 30.6 Å². The molecule has 2 aliphatic rings. The zero-order valence-corrected chi connectivity index (χ0v) is 12.7. The van der Waals surface area contributed by atoms with Gasteiger partial charge in [0.05, 0.1) is 0 Å². The monoisotopic (exact) mass is 290 g/mol. The average Bonchev–Trinajstić information content (AvgIpc) is 3.05. The summed E-state index contributed by atoms with van der Waals surface area (Å²) >= 11 is 1.70. The zero-order valence-electron chi connectivity index (χ0n) is 11.9. The molecule has 4 heteroatoms. The Morgan fingerprint density at radius 3 is 2.70 bits per heavy atom. The first kappa shape index (κ1) is 13.8. The second-order valence-electron chi connectivity index (χ2n) is 5.87. The number of benzene rings is 1. The molecule has 3 rings (SSSR count). The molecule has 0 radical (unpaired) electrons. The predicted molar refractivity (Wildman–Crippen MR) is 84.2 cm³/mol. The van der Waals surface area contributed by atoms with Crippen LogP contribution < -0.4 is 10.6 Å². The molecule has 0 spiro atoms. The summed E-state index contributed by atoms with van der Waals surface area (Å²) in [6.45, 7) is 0. The van der Waals surface area contributed by atoms with E-state index in [9.17, 15) is 4.79 Å². The fraction of sp³-hybridized carbons (Fsp3) is 0.562. The van der Waals surface area contributed by atoms with Crippen LogP contribution in [0.5, 0.6) is 0 Å². The van der Waals surface area contributed by atoms with Crippen LogP contribution in [0, 0.1) is 11.8 Å². The van der Waals surface area contributed by atoms with E-state index >= 15 is 0 Å². The summed E-state index contributed by atoms with van der Waals surface area (Å²) in [5, 5.41) is 6.11. The second kappa shape index (κ2) is 6.08. The zero-order chi connectivity index (χ0) is 13.9. The van der Waals surface area contributed by atoms with E-state index in [4.69, 9.17) is 0 Å². The molecule has 2 saturated carbocycles. The maximum absolute atomic E-state index is 12.1. The summed E-state index contributed by atoms with van der Waals surface area (Å²) < 4.78 is 0. The highest BCUT2D eigenvalue weighted by molar-refractivity contribution is 7.98. The first-order valence-corrected chi connectivity index (χ1v) is 8.70. The van der Waals surface area contributed by atoms with E-state index in [2.05, 4.69) is 10.6 Å². The smallest absolute Gasteiger partial charge is 0.319 e. The second-order valence-corrected chi connectivity index (χ2v) is 6.75. The largest absolute Gasteiger partial charge is 0.335 e. The Morgan fingerprint density at radius 2 is 1.95 bits per heavy atom. The van der Waals surface area contributed by atoms with Crippen LogP contribution in [0.25, 0.3) is 0 Å². The number of thioether (sulfide) groups is 1. The molecule has 0 saturated heterocycles. The SMILES string of the molecule is CSc1ccc(NC(=O)N[C@@H]2CC[C@H]3CCC[C@H]32)cc1. The number of urea groups is 1. The van der Waals surface area contributed by atoms with Crippen molar-refractivity contribution in [2.45, 2.75) is 43.0 Å². The molecule has 2 N–H and O–H groups in total. The number of amides is 2. The highest BCUT2D eigenvalue weighted by Gasteiger charge is 2.39. The van der Waals surface area contributed by atoms with E-state index < -0.39 is 0 Å². The minimum atomic E-state index is -0.0561. The van der Waals surface area contributed by atoms with Gasteiger partial charge in [-0.1, -0.05) is 12.8 Å². The number of hydrogen-bond acceptors (Lipinski definition) is 2. The Morgan fingerprint density at radius 1 is 1.15 bits per heavy atom. The molecule has 20 heavy (non-hydrogen) atoms. The van der Waals surface area contributed by atoms with Crippen LogP contribution in [0.3, 0.4) is 0 Å². The lowest BCUT2D eigenvalue weighted by atomic mass is 9.98. The third-order valence-electron chi connectivity index (χ3n) is 4.75. The lowest BCUT2D eigenvalue weighted by Gasteiger charge is -2.20. The van der Waals surface area contributed by atoms with Crippen LogP contribution in [0.1, 0.15) is 32.1 Å². The maximum Gasteiger partial charge on any atom is 0.319 e. The van der Waals surface area contributed by atoms with Gasteiger partial charge in [0.1, 0.15) is 0 Å². The Labute approximate surface area is 124 Å². The summed E-state index contributed by atoms with van der Waals surface area (Å²) in [6, 6.07) is 8.30. The van der Waals surface area contributed by atoms with Gasteiger partial charge in [-0.05, 0) is 61.6 Å². The molecule has 2 fully saturated rings. The van der Waals surface area contributed by atoms with E-state index in [0.29, 0.717) is 6.04 Å². The molecule has 2 amide bonds. The van der Waals surface area contributed by atoms with Crippen molar-refractivity contribution in [2.75, 3.05) is 11.6 Å². The van der Waals surface area contributed by atoms with Crippen molar-refractivity contribution in [1.82, 2.24) is 5.32 Å². The lowest BCUT2D eigenvalue weighted by molar-refractivity contribution is 0.244. The Hall–Kier alpha value is -1.16. The van der Waals surface area contributed by atoms with Gasteiger partial charge in [0.2, 0.25) is 0 Å².